The molecule has 1 amide bonds. The summed E-state index contributed by atoms with van der Waals surface area (Å²) in [6.45, 7) is 2.07. The van der Waals surface area contributed by atoms with Crippen molar-refractivity contribution in [3.63, 3.8) is 0 Å². The molecule has 0 aliphatic carbocycles. The molecule has 0 spiro atoms. The average molecular weight is 411 g/mol. The van der Waals surface area contributed by atoms with Crippen molar-refractivity contribution in [1.29, 1.82) is 0 Å². The number of nitrogens with one attached hydrogen (secondary N) is 1. The van der Waals surface area contributed by atoms with Gasteiger partial charge in [0, 0.05) is 11.6 Å². The number of phenolic OH excluding ortho intramolecular Hbond substituents is 1. The van der Waals surface area contributed by atoms with Gasteiger partial charge >= 0.3 is 6.18 Å². The summed E-state index contributed by atoms with van der Waals surface area (Å²) in [6.07, 6.45) is -4.02. The Hall–Kier alpha value is -3.63. The number of phenols is 1. The van der Waals surface area contributed by atoms with Crippen molar-refractivity contribution in [3.8, 4) is 11.5 Å². The molecule has 2 aromatic rings. The summed E-state index contributed by atoms with van der Waals surface area (Å²) in [5.74, 6) is -0.598. The first-order valence-corrected chi connectivity index (χ1v) is 8.24. The zero-order chi connectivity index (χ0) is 21.6. The van der Waals surface area contributed by atoms with Crippen LogP contribution in [0.4, 0.5) is 18.9 Å². The molecule has 0 saturated carbocycles. The number of ether oxygens (including phenoxy) is 1. The predicted molar refractivity (Wildman–Crippen MR) is 96.8 cm³/mol. The van der Waals surface area contributed by atoms with Gasteiger partial charge in [-0.15, -0.1) is 0 Å². The minimum atomic E-state index is -4.74. The summed E-state index contributed by atoms with van der Waals surface area (Å²) >= 11 is 0. The van der Waals surface area contributed by atoms with E-state index in [4.69, 9.17) is 4.74 Å². The molecule has 2 aromatic carbocycles. The van der Waals surface area contributed by atoms with Gasteiger partial charge in [0.15, 0.2) is 11.5 Å². The zero-order valence-corrected chi connectivity index (χ0v) is 15.1. The number of alkyl halides is 3. The van der Waals surface area contributed by atoms with Gasteiger partial charge in [0.25, 0.3) is 5.69 Å². The quantitative estimate of drug-likeness (QED) is 0.412. The standard InChI is InChI=1S/C18H16F3N3O5/c1-2-29-16-7-11(3-6-15(16)25)10-22-23-17(26)8-12-4-5-13(18(19,20)21)9-14(12)24(27)28/h3-7,9-10,25H,2,8H2,1H3,(H,23,26)/b22-10+. The van der Waals surface area contributed by atoms with Gasteiger partial charge in [-0.25, -0.2) is 5.43 Å². The Kier molecular flexibility index (Phi) is 6.75. The number of benzene rings is 2. The lowest BCUT2D eigenvalue weighted by Crippen LogP contribution is -2.20. The maximum Gasteiger partial charge on any atom is 0.416 e. The Bertz CT molecular complexity index is 945. The molecule has 0 fully saturated rings. The molecule has 0 aliphatic rings. The molecular weight excluding hydrogens is 395 g/mol. The Morgan fingerprint density at radius 3 is 2.66 bits per heavy atom. The Morgan fingerprint density at radius 1 is 1.31 bits per heavy atom. The highest BCUT2D eigenvalue weighted by Crippen LogP contribution is 2.33. The number of aromatic hydroxyl groups is 1. The van der Waals surface area contributed by atoms with Crippen LogP contribution in [0.15, 0.2) is 41.5 Å². The third kappa shape index (κ3) is 5.92. The molecule has 2 rings (SSSR count). The molecule has 0 aliphatic heterocycles. The topological polar surface area (TPSA) is 114 Å². The smallest absolute Gasteiger partial charge is 0.416 e. The van der Waals surface area contributed by atoms with Crippen LogP contribution < -0.4 is 10.2 Å². The van der Waals surface area contributed by atoms with E-state index in [9.17, 15) is 33.2 Å². The summed E-state index contributed by atoms with van der Waals surface area (Å²) in [4.78, 5) is 22.0. The fraction of sp³-hybridized carbons (Fsp3) is 0.222. The highest BCUT2D eigenvalue weighted by atomic mass is 19.4. The minimum Gasteiger partial charge on any atom is -0.504 e. The van der Waals surface area contributed by atoms with E-state index in [1.807, 2.05) is 0 Å². The second-order valence-electron chi connectivity index (χ2n) is 5.73. The number of hydrazone groups is 1. The molecule has 2 N–H and O–H groups in total. The van der Waals surface area contributed by atoms with Crippen molar-refractivity contribution in [1.82, 2.24) is 5.43 Å². The number of amides is 1. The molecule has 0 radical (unpaired) electrons. The molecule has 29 heavy (non-hydrogen) atoms. The van der Waals surface area contributed by atoms with Crippen LogP contribution in [0.1, 0.15) is 23.6 Å². The highest BCUT2D eigenvalue weighted by molar-refractivity contribution is 5.84. The SMILES string of the molecule is CCOc1cc(/C=N/NC(=O)Cc2ccc(C(F)(F)F)cc2[N+](=O)[O-])ccc1O. The van der Waals surface area contributed by atoms with Crippen molar-refractivity contribution >= 4 is 17.8 Å². The van der Waals surface area contributed by atoms with Gasteiger partial charge in [-0.05, 0) is 36.8 Å². The van der Waals surface area contributed by atoms with Crippen molar-refractivity contribution in [2.24, 2.45) is 5.10 Å². The number of rotatable bonds is 7. The fourth-order valence-corrected chi connectivity index (χ4v) is 2.33. The molecule has 0 atom stereocenters. The summed E-state index contributed by atoms with van der Waals surface area (Å²) in [5, 5.41) is 24.3. The number of nitro benzene ring substituents is 1. The summed E-state index contributed by atoms with van der Waals surface area (Å²) in [7, 11) is 0. The second kappa shape index (κ2) is 9.04. The maximum atomic E-state index is 12.7. The average Bonchev–Trinajstić information content (AvgIpc) is 2.63. The first-order chi connectivity index (χ1) is 13.6. The molecule has 0 bridgehead atoms. The number of hydrogen-bond donors (Lipinski definition) is 2. The number of halogens is 3. The van der Waals surface area contributed by atoms with Crippen molar-refractivity contribution in [2.45, 2.75) is 19.5 Å². The summed E-state index contributed by atoms with van der Waals surface area (Å²) < 4.78 is 43.3. The number of nitro groups is 1. The van der Waals surface area contributed by atoms with E-state index in [0.29, 0.717) is 24.3 Å². The van der Waals surface area contributed by atoms with Crippen LogP contribution in [0.3, 0.4) is 0 Å². The number of carbonyl (C=O) groups excluding carboxylic acids is 1. The van der Waals surface area contributed by atoms with Crippen LogP contribution in [-0.2, 0) is 17.4 Å². The third-order valence-electron chi connectivity index (χ3n) is 3.65. The van der Waals surface area contributed by atoms with E-state index in [1.165, 1.54) is 24.4 Å². The largest absolute Gasteiger partial charge is 0.504 e. The molecular formula is C18H16F3N3O5. The van der Waals surface area contributed by atoms with E-state index < -0.39 is 34.7 Å². The van der Waals surface area contributed by atoms with Crippen LogP contribution in [0.2, 0.25) is 0 Å². The lowest BCUT2D eigenvalue weighted by atomic mass is 10.1. The fourth-order valence-electron chi connectivity index (χ4n) is 2.33. The van der Waals surface area contributed by atoms with Gasteiger partial charge < -0.3 is 9.84 Å². The monoisotopic (exact) mass is 411 g/mol. The van der Waals surface area contributed by atoms with Gasteiger partial charge in [0.05, 0.1) is 29.7 Å². The van der Waals surface area contributed by atoms with E-state index >= 15 is 0 Å². The van der Waals surface area contributed by atoms with Gasteiger partial charge in [-0.2, -0.15) is 18.3 Å². The second-order valence-corrected chi connectivity index (χ2v) is 5.73. The van der Waals surface area contributed by atoms with Crippen molar-refractivity contribution < 1.29 is 32.7 Å². The van der Waals surface area contributed by atoms with Crippen LogP contribution in [-0.4, -0.2) is 28.8 Å². The predicted octanol–water partition coefficient (Wildman–Crippen LogP) is 3.41. The van der Waals surface area contributed by atoms with E-state index in [1.54, 1.807) is 6.92 Å². The Balaban J connectivity index is 2.08. The molecule has 0 unspecified atom stereocenters. The summed E-state index contributed by atoms with van der Waals surface area (Å²) in [6, 6.07) is 6.31. The highest BCUT2D eigenvalue weighted by Gasteiger charge is 2.33. The van der Waals surface area contributed by atoms with Crippen LogP contribution >= 0.6 is 0 Å². The lowest BCUT2D eigenvalue weighted by molar-refractivity contribution is -0.385. The van der Waals surface area contributed by atoms with Crippen LogP contribution in [0.5, 0.6) is 11.5 Å². The van der Waals surface area contributed by atoms with Crippen molar-refractivity contribution in [2.75, 3.05) is 6.61 Å². The first kappa shape index (κ1) is 21.7. The van der Waals surface area contributed by atoms with Crippen molar-refractivity contribution in [3.05, 3.63) is 63.2 Å². The third-order valence-corrected chi connectivity index (χ3v) is 3.65. The normalized spacial score (nSPS) is 11.4. The van der Waals surface area contributed by atoms with Gasteiger partial charge in [-0.3, -0.25) is 14.9 Å². The zero-order valence-electron chi connectivity index (χ0n) is 15.1. The van der Waals surface area contributed by atoms with Gasteiger partial charge in [-0.1, -0.05) is 6.07 Å². The molecule has 0 heterocycles. The Labute approximate surface area is 162 Å². The number of carbonyl (C=O) groups is 1. The Morgan fingerprint density at radius 2 is 2.03 bits per heavy atom. The summed E-state index contributed by atoms with van der Waals surface area (Å²) in [5.41, 5.74) is 0.467. The molecule has 8 nitrogen and oxygen atoms in total. The maximum absolute atomic E-state index is 12.7. The van der Waals surface area contributed by atoms with E-state index in [0.717, 1.165) is 6.07 Å². The first-order valence-electron chi connectivity index (χ1n) is 8.24. The van der Waals surface area contributed by atoms with Crippen LogP contribution in [0.25, 0.3) is 0 Å². The number of nitrogens with zero attached hydrogens (tertiary/aromatic N) is 2. The minimum absolute atomic E-state index is 0.0670. The van der Waals surface area contributed by atoms with Gasteiger partial charge in [0.1, 0.15) is 0 Å². The van der Waals surface area contributed by atoms with E-state index in [-0.39, 0.29) is 17.1 Å². The number of hydrogen-bond acceptors (Lipinski definition) is 6. The van der Waals surface area contributed by atoms with Gasteiger partial charge in [0.2, 0.25) is 5.91 Å². The molecule has 154 valence electrons. The molecule has 0 saturated heterocycles. The van der Waals surface area contributed by atoms with E-state index in [2.05, 4.69) is 10.5 Å². The molecule has 11 heteroatoms. The van der Waals surface area contributed by atoms with Crippen LogP contribution in [0, 0.1) is 10.1 Å². The lowest BCUT2D eigenvalue weighted by Gasteiger charge is -2.08. The molecule has 0 aromatic heterocycles.